The standard InChI is InChI=1S/C42H45FN4O5/c1-22-25-12-10-16-51-38(25)31(43)18-27(22)37-28-19-32(46(6)40(28)45-23(2)35(37)39(41(48)49)52-42(3,4)5)24-14-15-44-34(17-24)47-20-29-30(21-47)36(29)26-11-8-9-13-33(26)50-7/h8-9,11,13-15,17-19,29-30,36,39H,10,12,16,20-21H2,1-7H3,(H,48,49). The Bertz CT molecular complexity index is 2230. The van der Waals surface area contributed by atoms with Crippen molar-refractivity contribution in [2.75, 3.05) is 31.7 Å². The van der Waals surface area contributed by atoms with Crippen molar-refractivity contribution < 1.29 is 28.5 Å². The van der Waals surface area contributed by atoms with E-state index in [1.807, 2.05) is 76.7 Å². The number of carbonyl (C=O) groups is 1. The van der Waals surface area contributed by atoms with E-state index in [1.54, 1.807) is 7.11 Å². The van der Waals surface area contributed by atoms with Crippen LogP contribution in [0.4, 0.5) is 10.2 Å². The molecule has 5 aromatic rings. The minimum absolute atomic E-state index is 0.281. The van der Waals surface area contributed by atoms with Gasteiger partial charge in [-0.15, -0.1) is 0 Å². The molecule has 1 saturated carbocycles. The Kier molecular flexibility index (Phi) is 8.28. The van der Waals surface area contributed by atoms with Gasteiger partial charge in [0.25, 0.3) is 0 Å². The van der Waals surface area contributed by atoms with Gasteiger partial charge in [0.2, 0.25) is 0 Å². The van der Waals surface area contributed by atoms with Crippen LogP contribution in [0.2, 0.25) is 0 Å². The van der Waals surface area contributed by atoms with Crippen LogP contribution in [0.3, 0.4) is 0 Å². The first kappa shape index (κ1) is 34.1. The van der Waals surface area contributed by atoms with Gasteiger partial charge in [0, 0.05) is 59.7 Å². The second-order valence-electron chi connectivity index (χ2n) is 15.5. The van der Waals surface area contributed by atoms with E-state index in [1.165, 1.54) is 11.6 Å². The smallest absolute Gasteiger partial charge is 0.337 e. The number of aromatic nitrogens is 3. The van der Waals surface area contributed by atoms with Gasteiger partial charge in [-0.25, -0.2) is 19.2 Å². The van der Waals surface area contributed by atoms with E-state index in [-0.39, 0.29) is 5.75 Å². The predicted octanol–water partition coefficient (Wildman–Crippen LogP) is 8.18. The summed E-state index contributed by atoms with van der Waals surface area (Å²) in [7, 11) is 3.70. The number of benzene rings is 2. The van der Waals surface area contributed by atoms with E-state index < -0.39 is 23.5 Å². The fourth-order valence-electron chi connectivity index (χ4n) is 8.72. The molecule has 0 bridgehead atoms. The zero-order valence-corrected chi connectivity index (χ0v) is 30.8. The van der Waals surface area contributed by atoms with Gasteiger partial charge in [0.15, 0.2) is 17.7 Å². The Morgan fingerprint density at radius 2 is 1.85 bits per heavy atom. The molecule has 270 valence electrons. The monoisotopic (exact) mass is 704 g/mol. The third-order valence-electron chi connectivity index (χ3n) is 11.1. The molecule has 2 fully saturated rings. The fourth-order valence-corrected chi connectivity index (χ4v) is 8.72. The van der Waals surface area contributed by atoms with Gasteiger partial charge < -0.3 is 28.8 Å². The Hall–Kier alpha value is -4.96. The van der Waals surface area contributed by atoms with Gasteiger partial charge in [-0.2, -0.15) is 0 Å². The van der Waals surface area contributed by atoms with Crippen molar-refractivity contribution in [3.05, 3.63) is 88.5 Å². The van der Waals surface area contributed by atoms with Crippen molar-refractivity contribution in [1.82, 2.24) is 14.5 Å². The maximum absolute atomic E-state index is 15.9. The van der Waals surface area contributed by atoms with E-state index in [2.05, 4.69) is 23.1 Å². The molecule has 1 saturated heterocycles. The molecule has 1 aliphatic carbocycles. The molecule has 5 heterocycles. The molecule has 0 amide bonds. The van der Waals surface area contributed by atoms with Crippen LogP contribution < -0.4 is 14.4 Å². The topological polar surface area (TPSA) is 98.9 Å². The van der Waals surface area contributed by atoms with Crippen molar-refractivity contribution in [2.45, 2.75) is 65.1 Å². The van der Waals surface area contributed by atoms with Gasteiger partial charge in [-0.1, -0.05) is 18.2 Å². The highest BCUT2D eigenvalue weighted by Crippen LogP contribution is 2.60. The van der Waals surface area contributed by atoms with E-state index in [0.29, 0.717) is 58.8 Å². The summed E-state index contributed by atoms with van der Waals surface area (Å²) in [5.41, 5.74) is 6.86. The number of nitrogens with zero attached hydrogens (tertiary/aromatic N) is 4. The Balaban J connectivity index is 1.23. The first-order valence-electron chi connectivity index (χ1n) is 18.1. The molecule has 2 aromatic carbocycles. The van der Waals surface area contributed by atoms with E-state index in [0.717, 1.165) is 58.8 Å². The first-order chi connectivity index (χ1) is 24.9. The number of anilines is 1. The lowest BCUT2D eigenvalue weighted by Gasteiger charge is -2.29. The number of piperidine rings is 1. The number of carboxylic acid groups (broad SMARTS) is 1. The number of aliphatic carboxylic acids is 1. The number of halogens is 1. The van der Waals surface area contributed by atoms with Gasteiger partial charge in [-0.05, 0) is 112 Å². The second-order valence-corrected chi connectivity index (χ2v) is 15.5. The van der Waals surface area contributed by atoms with Crippen molar-refractivity contribution >= 4 is 22.8 Å². The zero-order chi connectivity index (χ0) is 36.6. The molecule has 10 heteroatoms. The number of aryl methyl sites for hydroxylation is 2. The third-order valence-corrected chi connectivity index (χ3v) is 11.1. The highest BCUT2D eigenvalue weighted by atomic mass is 19.1. The Morgan fingerprint density at radius 3 is 2.56 bits per heavy atom. The lowest BCUT2D eigenvalue weighted by Crippen LogP contribution is -2.28. The third kappa shape index (κ3) is 5.68. The molecule has 0 spiro atoms. The van der Waals surface area contributed by atoms with Gasteiger partial charge in [-0.3, -0.25) is 0 Å². The van der Waals surface area contributed by atoms with Crippen molar-refractivity contribution in [1.29, 1.82) is 0 Å². The minimum Gasteiger partial charge on any atom is -0.496 e. The lowest BCUT2D eigenvalue weighted by atomic mass is 9.86. The summed E-state index contributed by atoms with van der Waals surface area (Å²) in [5, 5.41) is 11.3. The van der Waals surface area contributed by atoms with Gasteiger partial charge >= 0.3 is 5.97 Å². The molecule has 52 heavy (non-hydrogen) atoms. The van der Waals surface area contributed by atoms with Crippen molar-refractivity contribution in [3.63, 3.8) is 0 Å². The van der Waals surface area contributed by atoms with E-state index >= 15 is 4.39 Å². The largest absolute Gasteiger partial charge is 0.496 e. The number of hydrogen-bond acceptors (Lipinski definition) is 7. The van der Waals surface area contributed by atoms with Crippen LogP contribution >= 0.6 is 0 Å². The average Bonchev–Trinajstić information content (AvgIpc) is 3.42. The predicted molar refractivity (Wildman–Crippen MR) is 199 cm³/mol. The number of ether oxygens (including phenoxy) is 3. The second kappa shape index (κ2) is 12.6. The molecule has 9 nitrogen and oxygen atoms in total. The van der Waals surface area contributed by atoms with Gasteiger partial charge in [0.05, 0.1) is 25.0 Å². The first-order valence-corrected chi connectivity index (χ1v) is 18.1. The quantitative estimate of drug-likeness (QED) is 0.173. The summed E-state index contributed by atoms with van der Waals surface area (Å²) in [5.74, 6) is 2.16. The summed E-state index contributed by atoms with van der Waals surface area (Å²) in [4.78, 5) is 25.1. The Morgan fingerprint density at radius 1 is 1.10 bits per heavy atom. The highest BCUT2D eigenvalue weighted by Gasteiger charge is 2.57. The molecule has 3 aliphatic rings. The lowest BCUT2D eigenvalue weighted by molar-refractivity contribution is -0.160. The number of methoxy groups -OCH3 is 1. The van der Waals surface area contributed by atoms with Crippen molar-refractivity contribution in [2.24, 2.45) is 18.9 Å². The van der Waals surface area contributed by atoms with Crippen LogP contribution in [-0.4, -0.2) is 58.0 Å². The molecule has 2 aliphatic heterocycles. The van der Waals surface area contributed by atoms with Crippen LogP contribution in [-0.2, 0) is 23.0 Å². The molecule has 1 N–H and O–H groups in total. The van der Waals surface area contributed by atoms with Crippen LogP contribution in [0.15, 0.2) is 54.7 Å². The molecular weight excluding hydrogens is 659 g/mol. The summed E-state index contributed by atoms with van der Waals surface area (Å²) in [6.45, 7) is 11.6. The van der Waals surface area contributed by atoms with Crippen LogP contribution in [0.5, 0.6) is 11.5 Å². The molecule has 3 unspecified atom stereocenters. The molecule has 0 radical (unpaired) electrons. The molecule has 3 aromatic heterocycles. The van der Waals surface area contributed by atoms with Crippen LogP contribution in [0, 0.1) is 31.5 Å². The normalized spacial score (nSPS) is 20.0. The number of fused-ring (bicyclic) bond motifs is 3. The highest BCUT2D eigenvalue weighted by molar-refractivity contribution is 6.01. The number of pyridine rings is 2. The van der Waals surface area contributed by atoms with Crippen LogP contribution in [0.25, 0.3) is 33.4 Å². The summed E-state index contributed by atoms with van der Waals surface area (Å²) < 4.78 is 35.6. The van der Waals surface area contributed by atoms with Crippen LogP contribution in [0.1, 0.15) is 67.2 Å². The summed E-state index contributed by atoms with van der Waals surface area (Å²) >= 11 is 0. The molecule has 8 rings (SSSR count). The number of para-hydroxylation sites is 1. The SMILES string of the molecule is COc1ccccc1C1C2CN(c3cc(-c4cc5c(-c6cc(F)c7c(c6C)CCCO7)c(C(OC(C)(C)C)C(=O)O)c(C)nc5n4C)ccn3)CC21. The van der Waals surface area contributed by atoms with E-state index in [9.17, 15) is 9.90 Å². The number of carboxylic acids is 1. The minimum atomic E-state index is -1.33. The van der Waals surface area contributed by atoms with Gasteiger partial charge in [0.1, 0.15) is 17.2 Å². The summed E-state index contributed by atoms with van der Waals surface area (Å²) in [6.07, 6.45) is 1.96. The summed E-state index contributed by atoms with van der Waals surface area (Å²) in [6, 6.07) is 16.0. The fraction of sp³-hybridized carbons (Fsp3) is 0.405. The Labute approximate surface area is 303 Å². The van der Waals surface area contributed by atoms with E-state index in [4.69, 9.17) is 24.2 Å². The maximum atomic E-state index is 15.9. The average molecular weight is 705 g/mol. The maximum Gasteiger partial charge on any atom is 0.337 e. The number of hydrogen-bond donors (Lipinski definition) is 1. The molecule has 3 atom stereocenters. The number of rotatable bonds is 8. The van der Waals surface area contributed by atoms with Crippen molar-refractivity contribution in [3.8, 4) is 33.9 Å². The zero-order valence-electron chi connectivity index (χ0n) is 30.8. The molecular formula is C42H45FN4O5.